The zero-order chi connectivity index (χ0) is 9.10. The van der Waals surface area contributed by atoms with Gasteiger partial charge >= 0.3 is 0 Å². The number of benzene rings is 1. The maximum Gasteiger partial charge on any atom is 0.184 e. The summed E-state index contributed by atoms with van der Waals surface area (Å²) in [5.74, 6) is 0. The van der Waals surface area contributed by atoms with Gasteiger partial charge in [-0.25, -0.2) is 0 Å². The van der Waals surface area contributed by atoms with Crippen LogP contribution in [0, 0.1) is 0 Å². The van der Waals surface area contributed by atoms with Crippen molar-refractivity contribution in [2.45, 2.75) is 12.4 Å². The molecule has 1 aromatic rings. The molecule has 0 spiro atoms. The molecular weight excluding hydrogens is 168 g/mol. The minimum absolute atomic E-state index is 0.350. The molecule has 1 aliphatic heterocycles. The van der Waals surface area contributed by atoms with Gasteiger partial charge in [-0.05, 0) is 0 Å². The van der Waals surface area contributed by atoms with Crippen LogP contribution >= 0.6 is 0 Å². The summed E-state index contributed by atoms with van der Waals surface area (Å²) in [5.41, 5.74) is 0.951. The summed E-state index contributed by atoms with van der Waals surface area (Å²) >= 11 is 0. The number of rotatable bonds is 2. The van der Waals surface area contributed by atoms with Crippen molar-refractivity contribution in [2.24, 2.45) is 0 Å². The first-order valence-corrected chi connectivity index (χ1v) is 4.17. The van der Waals surface area contributed by atoms with Gasteiger partial charge in [-0.2, -0.15) is 0 Å². The molecule has 2 rings (SSSR count). The molecule has 1 aliphatic rings. The van der Waals surface area contributed by atoms with Crippen molar-refractivity contribution in [3.8, 4) is 0 Å². The number of ether oxygens (including phenoxy) is 2. The number of carbonyl (C=O) groups is 1. The standard InChI is InChI=1S/C10H10O3/c11-6-9-7-12-10(13-9)8-4-2-1-3-5-8/h1-6,9-10H,7H2/t9-,10?/m0/s1. The third-order valence-electron chi connectivity index (χ3n) is 1.93. The Bertz CT molecular complexity index is 283. The molecule has 1 aromatic carbocycles. The van der Waals surface area contributed by atoms with E-state index < -0.39 is 6.10 Å². The number of aldehydes is 1. The summed E-state index contributed by atoms with van der Waals surface area (Å²) in [7, 11) is 0. The SMILES string of the molecule is O=C[C@H]1COC(c2ccccc2)O1. The lowest BCUT2D eigenvalue weighted by molar-refractivity contribution is -0.119. The average molecular weight is 178 g/mol. The Kier molecular flexibility index (Phi) is 2.38. The Morgan fingerprint density at radius 3 is 2.69 bits per heavy atom. The first-order valence-electron chi connectivity index (χ1n) is 4.17. The van der Waals surface area contributed by atoms with Crippen molar-refractivity contribution >= 4 is 6.29 Å². The molecule has 1 unspecified atom stereocenters. The van der Waals surface area contributed by atoms with E-state index in [0.29, 0.717) is 6.61 Å². The van der Waals surface area contributed by atoms with E-state index in [4.69, 9.17) is 9.47 Å². The lowest BCUT2D eigenvalue weighted by atomic mass is 10.2. The quantitative estimate of drug-likeness (QED) is 0.640. The Morgan fingerprint density at radius 2 is 2.08 bits per heavy atom. The summed E-state index contributed by atoms with van der Waals surface area (Å²) in [6.45, 7) is 0.350. The van der Waals surface area contributed by atoms with E-state index in [1.165, 1.54) is 0 Å². The maximum absolute atomic E-state index is 10.4. The Morgan fingerprint density at radius 1 is 1.31 bits per heavy atom. The van der Waals surface area contributed by atoms with Crippen molar-refractivity contribution in [3.05, 3.63) is 35.9 Å². The highest BCUT2D eigenvalue weighted by Gasteiger charge is 2.26. The van der Waals surface area contributed by atoms with Crippen LogP contribution in [0.25, 0.3) is 0 Å². The second kappa shape index (κ2) is 3.68. The van der Waals surface area contributed by atoms with Gasteiger partial charge in [0.1, 0.15) is 6.10 Å². The smallest absolute Gasteiger partial charge is 0.184 e. The molecule has 0 saturated carbocycles. The molecule has 0 radical (unpaired) electrons. The van der Waals surface area contributed by atoms with E-state index in [2.05, 4.69) is 0 Å². The fourth-order valence-electron chi connectivity index (χ4n) is 1.28. The molecule has 0 aromatic heterocycles. The van der Waals surface area contributed by atoms with Crippen LogP contribution in [-0.2, 0) is 14.3 Å². The van der Waals surface area contributed by atoms with Crippen LogP contribution in [-0.4, -0.2) is 19.0 Å². The van der Waals surface area contributed by atoms with Gasteiger partial charge in [-0.3, -0.25) is 0 Å². The predicted octanol–water partition coefficient (Wildman–Crippen LogP) is 1.30. The number of carbonyl (C=O) groups excluding carboxylic acids is 1. The number of hydrogen-bond acceptors (Lipinski definition) is 3. The molecule has 68 valence electrons. The van der Waals surface area contributed by atoms with E-state index in [1.54, 1.807) is 0 Å². The van der Waals surface area contributed by atoms with Crippen LogP contribution < -0.4 is 0 Å². The summed E-state index contributed by atoms with van der Waals surface area (Å²) in [5, 5.41) is 0. The van der Waals surface area contributed by atoms with E-state index >= 15 is 0 Å². The van der Waals surface area contributed by atoms with Crippen molar-refractivity contribution in [1.82, 2.24) is 0 Å². The van der Waals surface area contributed by atoms with Gasteiger partial charge in [-0.15, -0.1) is 0 Å². The highest BCUT2D eigenvalue weighted by atomic mass is 16.7. The summed E-state index contributed by atoms with van der Waals surface area (Å²) in [4.78, 5) is 10.4. The molecule has 3 nitrogen and oxygen atoms in total. The molecule has 0 aliphatic carbocycles. The maximum atomic E-state index is 10.4. The molecule has 1 fully saturated rings. The Labute approximate surface area is 76.3 Å². The van der Waals surface area contributed by atoms with Crippen molar-refractivity contribution in [1.29, 1.82) is 0 Å². The van der Waals surface area contributed by atoms with Crippen LogP contribution in [0.15, 0.2) is 30.3 Å². The topological polar surface area (TPSA) is 35.5 Å². The largest absolute Gasteiger partial charge is 0.345 e. The summed E-state index contributed by atoms with van der Waals surface area (Å²) in [6.07, 6.45) is -0.0234. The summed E-state index contributed by atoms with van der Waals surface area (Å²) in [6, 6.07) is 9.58. The Balaban J connectivity index is 2.08. The molecule has 1 heterocycles. The molecule has 2 atom stereocenters. The molecule has 13 heavy (non-hydrogen) atoms. The zero-order valence-corrected chi connectivity index (χ0v) is 7.05. The average Bonchev–Trinajstić information content (AvgIpc) is 2.67. The zero-order valence-electron chi connectivity index (χ0n) is 7.05. The van der Waals surface area contributed by atoms with Gasteiger partial charge in [0, 0.05) is 5.56 Å². The van der Waals surface area contributed by atoms with E-state index in [9.17, 15) is 4.79 Å². The van der Waals surface area contributed by atoms with Gasteiger partial charge in [0.2, 0.25) is 0 Å². The van der Waals surface area contributed by atoms with Crippen LogP contribution in [0.4, 0.5) is 0 Å². The monoisotopic (exact) mass is 178 g/mol. The summed E-state index contributed by atoms with van der Waals surface area (Å²) < 4.78 is 10.6. The normalized spacial score (nSPS) is 27.4. The van der Waals surface area contributed by atoms with Crippen LogP contribution in [0.5, 0.6) is 0 Å². The van der Waals surface area contributed by atoms with E-state index in [0.717, 1.165) is 11.8 Å². The third kappa shape index (κ3) is 1.76. The second-order valence-corrected chi connectivity index (χ2v) is 2.89. The second-order valence-electron chi connectivity index (χ2n) is 2.89. The van der Waals surface area contributed by atoms with Crippen LogP contribution in [0.3, 0.4) is 0 Å². The van der Waals surface area contributed by atoms with E-state index in [-0.39, 0.29) is 6.29 Å². The van der Waals surface area contributed by atoms with Crippen molar-refractivity contribution in [2.75, 3.05) is 6.61 Å². The highest BCUT2D eigenvalue weighted by Crippen LogP contribution is 2.25. The molecule has 1 saturated heterocycles. The highest BCUT2D eigenvalue weighted by molar-refractivity contribution is 5.56. The predicted molar refractivity (Wildman–Crippen MR) is 46.1 cm³/mol. The van der Waals surface area contributed by atoms with Crippen molar-refractivity contribution in [3.63, 3.8) is 0 Å². The van der Waals surface area contributed by atoms with Gasteiger partial charge in [0.25, 0.3) is 0 Å². The van der Waals surface area contributed by atoms with E-state index in [1.807, 2.05) is 30.3 Å². The fraction of sp³-hybridized carbons (Fsp3) is 0.300. The Hall–Kier alpha value is -1.19. The van der Waals surface area contributed by atoms with Crippen LogP contribution in [0.1, 0.15) is 11.9 Å². The molecule has 0 N–H and O–H groups in total. The third-order valence-corrected chi connectivity index (χ3v) is 1.93. The molecule has 3 heteroatoms. The van der Waals surface area contributed by atoms with Crippen LogP contribution in [0.2, 0.25) is 0 Å². The minimum atomic E-state index is -0.412. The van der Waals surface area contributed by atoms with Gasteiger partial charge < -0.3 is 14.3 Å². The lowest BCUT2D eigenvalue weighted by Gasteiger charge is -2.08. The van der Waals surface area contributed by atoms with Crippen molar-refractivity contribution < 1.29 is 14.3 Å². The first kappa shape index (κ1) is 8.41. The number of hydrogen-bond donors (Lipinski definition) is 0. The van der Waals surface area contributed by atoms with Gasteiger partial charge in [0.05, 0.1) is 6.61 Å². The lowest BCUT2D eigenvalue weighted by Crippen LogP contribution is -2.10. The van der Waals surface area contributed by atoms with Gasteiger partial charge in [-0.1, -0.05) is 30.3 Å². The van der Waals surface area contributed by atoms with Gasteiger partial charge in [0.15, 0.2) is 12.6 Å². The molecular formula is C10H10O3. The fourth-order valence-corrected chi connectivity index (χ4v) is 1.28. The molecule has 0 bridgehead atoms. The molecule has 0 amide bonds. The minimum Gasteiger partial charge on any atom is -0.345 e. The first-order chi connectivity index (χ1) is 6.40.